The minimum Gasteiger partial charge on any atom is -0.349 e. The predicted octanol–water partition coefficient (Wildman–Crippen LogP) is -0.159. The van der Waals surface area contributed by atoms with Crippen LogP contribution in [0.2, 0.25) is 0 Å². The van der Waals surface area contributed by atoms with Gasteiger partial charge in [0.1, 0.15) is 5.54 Å². The topological polar surface area (TPSA) is 82.9 Å². The van der Waals surface area contributed by atoms with Crippen LogP contribution in [-0.2, 0) is 15.1 Å². The van der Waals surface area contributed by atoms with Crippen LogP contribution in [-0.4, -0.2) is 49.0 Å². The number of rotatable bonds is 7. The summed E-state index contributed by atoms with van der Waals surface area (Å²) < 4.78 is 0. The van der Waals surface area contributed by atoms with Crippen LogP contribution in [0, 0.1) is 0 Å². The molecule has 136 valence electrons. The van der Waals surface area contributed by atoms with Crippen LogP contribution < -0.4 is 15.5 Å². The van der Waals surface area contributed by atoms with Crippen LogP contribution in [0.25, 0.3) is 0 Å². The van der Waals surface area contributed by atoms with E-state index in [1.807, 2.05) is 51.1 Å². The molecule has 1 aliphatic rings. The summed E-state index contributed by atoms with van der Waals surface area (Å²) in [5.74, 6) is -0.376. The number of quaternary nitrogens is 1. The summed E-state index contributed by atoms with van der Waals surface area (Å²) in [5.41, 5.74) is -0.257. The molecule has 2 atom stereocenters. The predicted molar refractivity (Wildman–Crippen MR) is 93.7 cm³/mol. The highest BCUT2D eigenvalue weighted by Gasteiger charge is 2.52. The summed E-state index contributed by atoms with van der Waals surface area (Å²) in [6, 6.07) is 8.90. The van der Waals surface area contributed by atoms with E-state index in [-0.39, 0.29) is 31.1 Å². The van der Waals surface area contributed by atoms with Crippen molar-refractivity contribution in [3.8, 4) is 0 Å². The second-order valence-corrected chi connectivity index (χ2v) is 6.80. The first-order valence-corrected chi connectivity index (χ1v) is 8.60. The highest BCUT2D eigenvalue weighted by Crippen LogP contribution is 2.31. The zero-order valence-electron chi connectivity index (χ0n) is 15.3. The standard InChI is InChI=1S/C18H26N4O3/c1-5-18(14-9-7-6-8-10-14)16(24)22(17(25)20-18)12-21(4)11-15(23)19-13(2)3/h6-10,13H,5,11-12H2,1-4H3,(H,19,23)(H,20,25)/p+1/t18-/m1/s1. The fraction of sp³-hybridized carbons (Fsp3) is 0.500. The number of carbonyl (C=O) groups is 3. The van der Waals surface area contributed by atoms with Gasteiger partial charge < -0.3 is 15.5 Å². The number of nitrogens with zero attached hydrogens (tertiary/aromatic N) is 1. The molecular formula is C18H27N4O3+. The molecule has 1 fully saturated rings. The maximum atomic E-state index is 13.0. The summed E-state index contributed by atoms with van der Waals surface area (Å²) in [7, 11) is 1.79. The van der Waals surface area contributed by atoms with E-state index in [9.17, 15) is 14.4 Å². The van der Waals surface area contributed by atoms with Crippen molar-refractivity contribution in [1.82, 2.24) is 15.5 Å². The van der Waals surface area contributed by atoms with Gasteiger partial charge >= 0.3 is 6.03 Å². The van der Waals surface area contributed by atoms with Crippen LogP contribution in [0.4, 0.5) is 4.79 Å². The van der Waals surface area contributed by atoms with Crippen molar-refractivity contribution in [3.63, 3.8) is 0 Å². The lowest BCUT2D eigenvalue weighted by molar-refractivity contribution is -0.879. The number of urea groups is 1. The van der Waals surface area contributed by atoms with Gasteiger partial charge in [-0.25, -0.2) is 9.69 Å². The van der Waals surface area contributed by atoms with Gasteiger partial charge in [0, 0.05) is 6.04 Å². The molecule has 3 N–H and O–H groups in total. The maximum Gasteiger partial charge on any atom is 0.329 e. The Kier molecular flexibility index (Phi) is 5.79. The third-order valence-corrected chi connectivity index (χ3v) is 4.31. The second kappa shape index (κ2) is 7.65. The van der Waals surface area contributed by atoms with Crippen LogP contribution in [0.1, 0.15) is 32.8 Å². The zero-order chi connectivity index (χ0) is 18.6. The first kappa shape index (κ1) is 18.9. The van der Waals surface area contributed by atoms with Crippen molar-refractivity contribution in [3.05, 3.63) is 35.9 Å². The van der Waals surface area contributed by atoms with Gasteiger partial charge in [0.25, 0.3) is 11.8 Å². The Labute approximate surface area is 148 Å². The quantitative estimate of drug-likeness (QED) is 0.600. The highest BCUT2D eigenvalue weighted by atomic mass is 16.2. The number of benzene rings is 1. The lowest BCUT2D eigenvalue weighted by Gasteiger charge is -2.26. The average Bonchev–Trinajstić information content (AvgIpc) is 2.80. The van der Waals surface area contributed by atoms with Gasteiger partial charge in [0.05, 0.1) is 7.05 Å². The number of imide groups is 1. The molecule has 0 aromatic heterocycles. The average molecular weight is 347 g/mol. The Morgan fingerprint density at radius 1 is 1.28 bits per heavy atom. The van der Waals surface area contributed by atoms with E-state index in [0.29, 0.717) is 6.42 Å². The fourth-order valence-corrected chi connectivity index (χ4v) is 3.10. The van der Waals surface area contributed by atoms with E-state index in [1.54, 1.807) is 7.05 Å². The lowest BCUT2D eigenvalue weighted by Crippen LogP contribution is -3.12. The van der Waals surface area contributed by atoms with E-state index < -0.39 is 11.6 Å². The Morgan fingerprint density at radius 2 is 1.92 bits per heavy atom. The van der Waals surface area contributed by atoms with E-state index in [2.05, 4.69) is 10.6 Å². The number of carbonyl (C=O) groups excluding carboxylic acids is 3. The Hall–Kier alpha value is -2.41. The van der Waals surface area contributed by atoms with Crippen molar-refractivity contribution in [1.29, 1.82) is 0 Å². The molecule has 1 unspecified atom stereocenters. The molecule has 0 aliphatic carbocycles. The van der Waals surface area contributed by atoms with E-state index in [4.69, 9.17) is 0 Å². The van der Waals surface area contributed by atoms with Gasteiger partial charge in [0.2, 0.25) is 0 Å². The molecular weight excluding hydrogens is 320 g/mol. The zero-order valence-corrected chi connectivity index (χ0v) is 15.3. The molecule has 0 bridgehead atoms. The molecule has 7 heteroatoms. The summed E-state index contributed by atoms with van der Waals surface area (Å²) in [4.78, 5) is 39.2. The number of likely N-dealkylation sites (N-methyl/N-ethyl adjacent to an activating group) is 1. The molecule has 7 nitrogen and oxygen atoms in total. The summed E-state index contributed by atoms with van der Waals surface area (Å²) in [6.45, 7) is 5.99. The molecule has 0 saturated carbocycles. The van der Waals surface area contributed by atoms with E-state index >= 15 is 0 Å². The fourth-order valence-electron chi connectivity index (χ4n) is 3.10. The normalized spacial score (nSPS) is 21.4. The van der Waals surface area contributed by atoms with Crippen molar-refractivity contribution in [2.24, 2.45) is 0 Å². The Bertz CT molecular complexity index is 647. The van der Waals surface area contributed by atoms with Crippen LogP contribution in [0.3, 0.4) is 0 Å². The van der Waals surface area contributed by atoms with Gasteiger partial charge in [0.15, 0.2) is 13.2 Å². The summed E-state index contributed by atoms with van der Waals surface area (Å²) in [6.07, 6.45) is 0.463. The smallest absolute Gasteiger partial charge is 0.329 e. The van der Waals surface area contributed by atoms with Gasteiger partial charge in [-0.05, 0) is 25.8 Å². The Balaban J connectivity index is 2.12. The van der Waals surface area contributed by atoms with Gasteiger partial charge in [-0.1, -0.05) is 37.3 Å². The minimum absolute atomic E-state index is 0.0582. The first-order chi connectivity index (χ1) is 11.8. The molecule has 25 heavy (non-hydrogen) atoms. The summed E-state index contributed by atoms with van der Waals surface area (Å²) in [5, 5.41) is 5.66. The van der Waals surface area contributed by atoms with Crippen LogP contribution in [0.15, 0.2) is 30.3 Å². The monoisotopic (exact) mass is 347 g/mol. The molecule has 1 saturated heterocycles. The molecule has 1 aromatic carbocycles. The van der Waals surface area contributed by atoms with Crippen molar-refractivity contribution in [2.45, 2.75) is 38.8 Å². The summed E-state index contributed by atoms with van der Waals surface area (Å²) >= 11 is 0. The largest absolute Gasteiger partial charge is 0.349 e. The molecule has 4 amide bonds. The minimum atomic E-state index is -1.03. The van der Waals surface area contributed by atoms with Gasteiger partial charge in [-0.2, -0.15) is 0 Å². The molecule has 0 spiro atoms. The number of hydrogen-bond donors (Lipinski definition) is 3. The molecule has 1 aromatic rings. The van der Waals surface area contributed by atoms with E-state index in [0.717, 1.165) is 10.5 Å². The van der Waals surface area contributed by atoms with Crippen LogP contribution in [0.5, 0.6) is 0 Å². The van der Waals surface area contributed by atoms with E-state index in [1.165, 1.54) is 4.90 Å². The number of nitrogens with one attached hydrogen (secondary N) is 3. The number of hydrogen-bond acceptors (Lipinski definition) is 3. The van der Waals surface area contributed by atoms with Crippen molar-refractivity contribution in [2.75, 3.05) is 20.3 Å². The second-order valence-electron chi connectivity index (χ2n) is 6.80. The van der Waals surface area contributed by atoms with Crippen LogP contribution >= 0.6 is 0 Å². The SMILES string of the molecule is CC[C@]1(c2ccccc2)NC(=O)N(C[NH+](C)CC(=O)NC(C)C)C1=O. The molecule has 2 rings (SSSR count). The van der Waals surface area contributed by atoms with Crippen molar-refractivity contribution < 1.29 is 19.3 Å². The number of amides is 4. The van der Waals surface area contributed by atoms with Gasteiger partial charge in [-0.15, -0.1) is 0 Å². The third-order valence-electron chi connectivity index (χ3n) is 4.31. The molecule has 0 radical (unpaired) electrons. The first-order valence-electron chi connectivity index (χ1n) is 8.60. The maximum absolute atomic E-state index is 13.0. The Morgan fingerprint density at radius 3 is 2.48 bits per heavy atom. The highest BCUT2D eigenvalue weighted by molar-refractivity contribution is 6.07. The molecule has 1 aliphatic heterocycles. The van der Waals surface area contributed by atoms with Gasteiger partial charge in [-0.3, -0.25) is 9.59 Å². The third kappa shape index (κ3) is 3.99. The lowest BCUT2D eigenvalue weighted by atomic mass is 9.87. The molecule has 1 heterocycles. The van der Waals surface area contributed by atoms with Crippen molar-refractivity contribution >= 4 is 17.8 Å².